The highest BCUT2D eigenvalue weighted by molar-refractivity contribution is 7.99. The van der Waals surface area contributed by atoms with E-state index >= 15 is 0 Å². The Bertz CT molecular complexity index is 360. The molecule has 5 nitrogen and oxygen atoms in total. The molecule has 0 spiro atoms. The summed E-state index contributed by atoms with van der Waals surface area (Å²) in [5, 5.41) is 4.08. The number of methoxy groups -OCH3 is 1. The van der Waals surface area contributed by atoms with Gasteiger partial charge in [-0.2, -0.15) is 0 Å². The Morgan fingerprint density at radius 1 is 1.65 bits per heavy atom. The van der Waals surface area contributed by atoms with Crippen LogP contribution in [-0.2, 0) is 16.1 Å². The molecule has 0 saturated heterocycles. The van der Waals surface area contributed by atoms with E-state index in [1.54, 1.807) is 13.3 Å². The Hall–Kier alpha value is -1.11. The number of hydrogen-bond acceptors (Lipinski definition) is 5. The van der Waals surface area contributed by atoms with Crippen molar-refractivity contribution in [1.82, 2.24) is 10.3 Å². The summed E-state index contributed by atoms with van der Waals surface area (Å²) < 4.78 is 4.94. The monoisotopic (exact) mass is 255 g/mol. The zero-order valence-corrected chi connectivity index (χ0v) is 10.6. The first-order chi connectivity index (χ1) is 8.24. The number of nitrogens with one attached hydrogen (secondary N) is 1. The summed E-state index contributed by atoms with van der Waals surface area (Å²) in [4.78, 5) is 15.0. The fraction of sp³-hybridized carbons (Fsp3) is 0.455. The molecule has 0 saturated carbocycles. The van der Waals surface area contributed by atoms with Crippen molar-refractivity contribution in [2.24, 2.45) is 5.73 Å². The number of ether oxygens (including phenoxy) is 1. The number of nitrogens with zero attached hydrogens (tertiary/aromatic N) is 1. The van der Waals surface area contributed by atoms with E-state index in [0.29, 0.717) is 13.2 Å². The average Bonchev–Trinajstić information content (AvgIpc) is 2.33. The van der Waals surface area contributed by atoms with Crippen molar-refractivity contribution in [3.63, 3.8) is 0 Å². The molecule has 0 aliphatic rings. The molecule has 0 atom stereocenters. The summed E-state index contributed by atoms with van der Waals surface area (Å²) >= 11 is 1.36. The number of amides is 1. The number of rotatable bonds is 8. The third kappa shape index (κ3) is 5.67. The summed E-state index contributed by atoms with van der Waals surface area (Å²) in [5.41, 5.74) is 6.18. The lowest BCUT2D eigenvalue weighted by Gasteiger charge is -2.08. The van der Waals surface area contributed by atoms with Crippen molar-refractivity contribution in [3.8, 4) is 0 Å². The molecule has 6 heteroatoms. The minimum atomic E-state index is -0.334. The second kappa shape index (κ2) is 8.05. The Kier molecular flexibility index (Phi) is 6.61. The highest BCUT2D eigenvalue weighted by Gasteiger charge is 2.05. The molecule has 1 rings (SSSR count). The van der Waals surface area contributed by atoms with Crippen molar-refractivity contribution >= 4 is 17.7 Å². The number of aromatic nitrogens is 1. The van der Waals surface area contributed by atoms with Gasteiger partial charge in [0.2, 0.25) is 5.91 Å². The number of primary amides is 1. The van der Waals surface area contributed by atoms with E-state index < -0.39 is 0 Å². The summed E-state index contributed by atoms with van der Waals surface area (Å²) in [6, 6.07) is 3.86. The third-order valence-corrected chi connectivity index (χ3v) is 3.07. The maximum atomic E-state index is 10.7. The van der Waals surface area contributed by atoms with Crippen LogP contribution in [0.3, 0.4) is 0 Å². The molecular weight excluding hydrogens is 238 g/mol. The molecular formula is C11H17N3O2S. The van der Waals surface area contributed by atoms with Crippen LogP contribution in [0.5, 0.6) is 0 Å². The van der Waals surface area contributed by atoms with E-state index in [2.05, 4.69) is 10.3 Å². The number of thioether (sulfide) groups is 1. The van der Waals surface area contributed by atoms with Crippen molar-refractivity contribution < 1.29 is 9.53 Å². The van der Waals surface area contributed by atoms with Crippen LogP contribution in [0.15, 0.2) is 23.4 Å². The van der Waals surface area contributed by atoms with E-state index in [9.17, 15) is 4.79 Å². The zero-order chi connectivity index (χ0) is 12.5. The molecule has 0 unspecified atom stereocenters. The summed E-state index contributed by atoms with van der Waals surface area (Å²) in [7, 11) is 1.67. The van der Waals surface area contributed by atoms with Crippen LogP contribution in [0, 0.1) is 0 Å². The SMILES string of the molecule is COCCNCc1cccnc1SCC(N)=O. The lowest BCUT2D eigenvalue weighted by atomic mass is 10.3. The highest BCUT2D eigenvalue weighted by atomic mass is 32.2. The van der Waals surface area contributed by atoms with Crippen LogP contribution in [0.2, 0.25) is 0 Å². The van der Waals surface area contributed by atoms with E-state index in [1.165, 1.54) is 11.8 Å². The van der Waals surface area contributed by atoms with Crippen LogP contribution >= 0.6 is 11.8 Å². The predicted octanol–water partition coefficient (Wildman–Crippen LogP) is 0.395. The largest absolute Gasteiger partial charge is 0.383 e. The molecule has 0 aromatic carbocycles. The van der Waals surface area contributed by atoms with E-state index in [4.69, 9.17) is 10.5 Å². The Morgan fingerprint density at radius 3 is 3.18 bits per heavy atom. The molecule has 0 aliphatic carbocycles. The minimum absolute atomic E-state index is 0.252. The fourth-order valence-corrected chi connectivity index (χ4v) is 1.97. The van der Waals surface area contributed by atoms with Crippen molar-refractivity contribution in [3.05, 3.63) is 23.9 Å². The maximum absolute atomic E-state index is 10.7. The molecule has 1 amide bonds. The first-order valence-electron chi connectivity index (χ1n) is 5.28. The van der Waals surface area contributed by atoms with Gasteiger partial charge < -0.3 is 15.8 Å². The Morgan fingerprint density at radius 2 is 2.47 bits per heavy atom. The number of carbonyl (C=O) groups excluding carboxylic acids is 1. The van der Waals surface area contributed by atoms with Gasteiger partial charge in [-0.1, -0.05) is 17.8 Å². The van der Waals surface area contributed by atoms with Gasteiger partial charge in [-0.05, 0) is 11.6 Å². The molecule has 0 bridgehead atoms. The summed E-state index contributed by atoms with van der Waals surface area (Å²) in [6.45, 7) is 2.16. The molecule has 0 aliphatic heterocycles. The quantitative estimate of drug-likeness (QED) is 0.519. The minimum Gasteiger partial charge on any atom is -0.383 e. The van der Waals surface area contributed by atoms with E-state index in [-0.39, 0.29) is 11.7 Å². The van der Waals surface area contributed by atoms with Gasteiger partial charge in [0.25, 0.3) is 0 Å². The van der Waals surface area contributed by atoms with Crippen molar-refractivity contribution in [2.75, 3.05) is 26.0 Å². The van der Waals surface area contributed by atoms with Crippen LogP contribution in [0.25, 0.3) is 0 Å². The van der Waals surface area contributed by atoms with Crippen molar-refractivity contribution in [2.45, 2.75) is 11.6 Å². The predicted molar refractivity (Wildman–Crippen MR) is 67.7 cm³/mol. The normalized spacial score (nSPS) is 10.4. The summed E-state index contributed by atoms with van der Waals surface area (Å²) in [6.07, 6.45) is 1.71. The van der Waals surface area contributed by atoms with E-state index in [0.717, 1.165) is 17.1 Å². The van der Waals surface area contributed by atoms with Crippen molar-refractivity contribution in [1.29, 1.82) is 0 Å². The zero-order valence-electron chi connectivity index (χ0n) is 9.81. The lowest BCUT2D eigenvalue weighted by Crippen LogP contribution is -2.19. The molecule has 1 aromatic heterocycles. The molecule has 0 radical (unpaired) electrons. The van der Waals surface area contributed by atoms with Crippen LogP contribution in [0.4, 0.5) is 0 Å². The fourth-order valence-electron chi connectivity index (χ4n) is 1.23. The third-order valence-electron chi connectivity index (χ3n) is 2.00. The number of hydrogen-bond donors (Lipinski definition) is 2. The maximum Gasteiger partial charge on any atom is 0.227 e. The molecule has 3 N–H and O–H groups in total. The van der Waals surface area contributed by atoms with Gasteiger partial charge in [-0.25, -0.2) is 4.98 Å². The van der Waals surface area contributed by atoms with Gasteiger partial charge in [0.05, 0.1) is 12.4 Å². The van der Waals surface area contributed by atoms with Gasteiger partial charge in [0, 0.05) is 26.4 Å². The highest BCUT2D eigenvalue weighted by Crippen LogP contribution is 2.19. The van der Waals surface area contributed by atoms with Gasteiger partial charge in [-0.3, -0.25) is 4.79 Å². The topological polar surface area (TPSA) is 77.2 Å². The average molecular weight is 255 g/mol. The standard InChI is InChI=1S/C11H17N3O2S/c1-16-6-5-13-7-9-3-2-4-14-11(9)17-8-10(12)15/h2-4,13H,5-8H2,1H3,(H2,12,15). The second-order valence-corrected chi connectivity index (χ2v) is 4.36. The lowest BCUT2D eigenvalue weighted by molar-refractivity contribution is -0.115. The van der Waals surface area contributed by atoms with E-state index in [1.807, 2.05) is 12.1 Å². The van der Waals surface area contributed by atoms with Crippen LogP contribution in [-0.4, -0.2) is 36.9 Å². The number of nitrogens with two attached hydrogens (primary N) is 1. The smallest absolute Gasteiger partial charge is 0.227 e. The molecule has 94 valence electrons. The summed E-state index contributed by atoms with van der Waals surface area (Å²) in [5.74, 6) is -0.0822. The van der Waals surface area contributed by atoms with Crippen LogP contribution in [0.1, 0.15) is 5.56 Å². The molecule has 1 aromatic rings. The molecule has 0 fully saturated rings. The Balaban J connectivity index is 2.48. The second-order valence-electron chi connectivity index (χ2n) is 3.39. The van der Waals surface area contributed by atoms with Crippen LogP contribution < -0.4 is 11.1 Å². The van der Waals surface area contributed by atoms with Gasteiger partial charge >= 0.3 is 0 Å². The number of pyridine rings is 1. The number of carbonyl (C=O) groups is 1. The Labute approximate surface area is 105 Å². The van der Waals surface area contributed by atoms with Gasteiger partial charge in [0.1, 0.15) is 5.03 Å². The molecule has 1 heterocycles. The van der Waals surface area contributed by atoms with Gasteiger partial charge in [-0.15, -0.1) is 0 Å². The van der Waals surface area contributed by atoms with Gasteiger partial charge in [0.15, 0.2) is 0 Å². The first-order valence-corrected chi connectivity index (χ1v) is 6.27. The first kappa shape index (κ1) is 14.0. The molecule has 17 heavy (non-hydrogen) atoms.